The third-order valence-electron chi connectivity index (χ3n) is 4.13. The van der Waals surface area contributed by atoms with Gasteiger partial charge in [-0.2, -0.15) is 0 Å². The summed E-state index contributed by atoms with van der Waals surface area (Å²) in [5.41, 5.74) is 6.43. The van der Waals surface area contributed by atoms with Crippen molar-refractivity contribution in [2.45, 2.75) is 26.4 Å². The van der Waals surface area contributed by atoms with Crippen molar-refractivity contribution in [3.05, 3.63) is 34.6 Å². The van der Waals surface area contributed by atoms with E-state index in [1.165, 1.54) is 6.07 Å². The van der Waals surface area contributed by atoms with Crippen LogP contribution >= 0.6 is 11.6 Å². The number of piperazine rings is 1. The zero-order valence-corrected chi connectivity index (χ0v) is 13.8. The van der Waals surface area contributed by atoms with Gasteiger partial charge in [0.1, 0.15) is 5.82 Å². The van der Waals surface area contributed by atoms with Gasteiger partial charge >= 0.3 is 0 Å². The molecule has 1 aliphatic heterocycles. The molecule has 2 rings (SSSR count). The Hall–Kier alpha value is -1.17. The van der Waals surface area contributed by atoms with Gasteiger partial charge in [-0.05, 0) is 18.1 Å². The zero-order chi connectivity index (χ0) is 16.3. The predicted octanol–water partition coefficient (Wildman–Crippen LogP) is 2.11. The van der Waals surface area contributed by atoms with Crippen molar-refractivity contribution in [3.8, 4) is 0 Å². The van der Waals surface area contributed by atoms with Crippen LogP contribution in [0.2, 0.25) is 5.02 Å². The summed E-state index contributed by atoms with van der Waals surface area (Å²) in [6, 6.07) is 4.27. The van der Waals surface area contributed by atoms with Gasteiger partial charge in [-0.3, -0.25) is 9.69 Å². The van der Waals surface area contributed by atoms with Crippen molar-refractivity contribution < 1.29 is 9.18 Å². The van der Waals surface area contributed by atoms with Crippen LogP contribution in [0, 0.1) is 11.7 Å². The fourth-order valence-electron chi connectivity index (χ4n) is 2.53. The van der Waals surface area contributed by atoms with E-state index in [4.69, 9.17) is 17.3 Å². The fourth-order valence-corrected chi connectivity index (χ4v) is 2.75. The molecule has 1 aromatic carbocycles. The number of carbonyl (C=O) groups is 1. The van der Waals surface area contributed by atoms with E-state index < -0.39 is 6.04 Å². The second-order valence-electron chi connectivity index (χ2n) is 6.07. The maximum absolute atomic E-state index is 13.8. The minimum absolute atomic E-state index is 0.00132. The SMILES string of the molecule is CC(C)[C@H](N)C(=O)N1CCN(Cc2c(F)cccc2Cl)CC1. The summed E-state index contributed by atoms with van der Waals surface area (Å²) in [5, 5.41) is 0.445. The molecule has 1 atom stereocenters. The van der Waals surface area contributed by atoms with Crippen LogP contribution in [0.15, 0.2) is 18.2 Å². The molecular weight excluding hydrogens is 305 g/mol. The third-order valence-corrected chi connectivity index (χ3v) is 4.48. The van der Waals surface area contributed by atoms with Crippen LogP contribution in [-0.2, 0) is 11.3 Å². The number of halogens is 2. The molecule has 0 unspecified atom stereocenters. The molecule has 1 aromatic rings. The molecular formula is C16H23ClFN3O. The van der Waals surface area contributed by atoms with Gasteiger partial charge < -0.3 is 10.6 Å². The topological polar surface area (TPSA) is 49.6 Å². The predicted molar refractivity (Wildman–Crippen MR) is 86.1 cm³/mol. The van der Waals surface area contributed by atoms with Crippen molar-refractivity contribution in [1.82, 2.24) is 9.80 Å². The summed E-state index contributed by atoms with van der Waals surface area (Å²) in [7, 11) is 0. The zero-order valence-electron chi connectivity index (χ0n) is 13.1. The second kappa shape index (κ2) is 7.40. The quantitative estimate of drug-likeness (QED) is 0.921. The van der Waals surface area contributed by atoms with Crippen molar-refractivity contribution in [2.75, 3.05) is 26.2 Å². The smallest absolute Gasteiger partial charge is 0.239 e. The first kappa shape index (κ1) is 17.2. The maximum atomic E-state index is 13.8. The van der Waals surface area contributed by atoms with Gasteiger partial charge in [0.05, 0.1) is 6.04 Å². The highest BCUT2D eigenvalue weighted by atomic mass is 35.5. The van der Waals surface area contributed by atoms with E-state index in [1.807, 2.05) is 13.8 Å². The van der Waals surface area contributed by atoms with Crippen LogP contribution in [0.25, 0.3) is 0 Å². The van der Waals surface area contributed by atoms with Crippen LogP contribution in [0.1, 0.15) is 19.4 Å². The molecule has 0 spiro atoms. The van der Waals surface area contributed by atoms with E-state index in [0.29, 0.717) is 43.3 Å². The number of hydrogen-bond acceptors (Lipinski definition) is 3. The molecule has 1 heterocycles. The van der Waals surface area contributed by atoms with Gasteiger partial charge in [0.25, 0.3) is 0 Å². The molecule has 0 aliphatic carbocycles. The van der Waals surface area contributed by atoms with E-state index >= 15 is 0 Å². The minimum atomic E-state index is -0.451. The molecule has 2 N–H and O–H groups in total. The monoisotopic (exact) mass is 327 g/mol. The maximum Gasteiger partial charge on any atom is 0.239 e. The van der Waals surface area contributed by atoms with Crippen LogP contribution in [0.3, 0.4) is 0 Å². The highest BCUT2D eigenvalue weighted by molar-refractivity contribution is 6.31. The highest BCUT2D eigenvalue weighted by Gasteiger charge is 2.27. The van der Waals surface area contributed by atoms with Crippen molar-refractivity contribution in [3.63, 3.8) is 0 Å². The fraction of sp³-hybridized carbons (Fsp3) is 0.562. The Morgan fingerprint density at radius 3 is 2.50 bits per heavy atom. The Morgan fingerprint density at radius 1 is 1.32 bits per heavy atom. The van der Waals surface area contributed by atoms with Crippen molar-refractivity contribution in [2.24, 2.45) is 11.7 Å². The Balaban J connectivity index is 1.91. The molecule has 1 aliphatic rings. The Kier molecular flexibility index (Phi) is 5.78. The summed E-state index contributed by atoms with van der Waals surface area (Å²) >= 11 is 6.06. The first-order valence-corrected chi connectivity index (χ1v) is 7.97. The molecule has 6 heteroatoms. The lowest BCUT2D eigenvalue weighted by Gasteiger charge is -2.36. The Bertz CT molecular complexity index is 510. The third kappa shape index (κ3) is 3.97. The molecule has 1 amide bonds. The molecule has 122 valence electrons. The highest BCUT2D eigenvalue weighted by Crippen LogP contribution is 2.21. The van der Waals surface area contributed by atoms with Crippen LogP contribution in [0.4, 0.5) is 4.39 Å². The van der Waals surface area contributed by atoms with Crippen LogP contribution in [-0.4, -0.2) is 47.9 Å². The lowest BCUT2D eigenvalue weighted by molar-refractivity contribution is -0.135. The average molecular weight is 328 g/mol. The lowest BCUT2D eigenvalue weighted by atomic mass is 10.0. The van der Waals surface area contributed by atoms with Crippen molar-refractivity contribution >= 4 is 17.5 Å². The van der Waals surface area contributed by atoms with Gasteiger partial charge in [0.2, 0.25) is 5.91 Å². The molecule has 1 fully saturated rings. The van der Waals surface area contributed by atoms with Crippen molar-refractivity contribution in [1.29, 1.82) is 0 Å². The molecule has 22 heavy (non-hydrogen) atoms. The first-order valence-electron chi connectivity index (χ1n) is 7.59. The number of nitrogens with two attached hydrogens (primary N) is 1. The number of hydrogen-bond donors (Lipinski definition) is 1. The minimum Gasteiger partial charge on any atom is -0.339 e. The first-order chi connectivity index (χ1) is 10.4. The second-order valence-corrected chi connectivity index (χ2v) is 6.48. The largest absolute Gasteiger partial charge is 0.339 e. The lowest BCUT2D eigenvalue weighted by Crippen LogP contribution is -2.54. The van der Waals surface area contributed by atoms with E-state index in [0.717, 1.165) is 0 Å². The summed E-state index contributed by atoms with van der Waals surface area (Å²) in [6.07, 6.45) is 0. The number of rotatable bonds is 4. The van der Waals surface area contributed by atoms with Gasteiger partial charge in [-0.1, -0.05) is 31.5 Å². The van der Waals surface area contributed by atoms with Gasteiger partial charge in [0, 0.05) is 43.3 Å². The molecule has 4 nitrogen and oxygen atoms in total. The molecule has 0 aromatic heterocycles. The van der Waals surface area contributed by atoms with Gasteiger partial charge in [0.15, 0.2) is 0 Å². The summed E-state index contributed by atoms with van der Waals surface area (Å²) < 4.78 is 13.8. The molecule has 0 bridgehead atoms. The van der Waals surface area contributed by atoms with E-state index in [-0.39, 0.29) is 17.6 Å². The standard InChI is InChI=1S/C16H23ClFN3O/c1-11(2)15(19)16(22)21-8-6-20(7-9-21)10-12-13(17)4-3-5-14(12)18/h3-5,11,15H,6-10,19H2,1-2H3/t15-/m0/s1. The van der Waals surface area contributed by atoms with Crippen LogP contribution < -0.4 is 5.73 Å². The van der Waals surface area contributed by atoms with Gasteiger partial charge in [-0.15, -0.1) is 0 Å². The molecule has 1 saturated heterocycles. The van der Waals surface area contributed by atoms with Gasteiger partial charge in [-0.25, -0.2) is 4.39 Å². The molecule has 0 saturated carbocycles. The van der Waals surface area contributed by atoms with E-state index in [1.54, 1.807) is 17.0 Å². The normalized spacial score (nSPS) is 17.8. The number of benzene rings is 1. The summed E-state index contributed by atoms with van der Waals surface area (Å²) in [4.78, 5) is 16.1. The molecule has 0 radical (unpaired) electrons. The van der Waals surface area contributed by atoms with E-state index in [9.17, 15) is 9.18 Å². The summed E-state index contributed by atoms with van der Waals surface area (Å²) in [6.45, 7) is 6.97. The number of carbonyl (C=O) groups excluding carboxylic acids is 1. The number of nitrogens with zero attached hydrogens (tertiary/aromatic N) is 2. The average Bonchev–Trinajstić information content (AvgIpc) is 2.50. The summed E-state index contributed by atoms with van der Waals surface area (Å²) in [5.74, 6) is -0.158. The van der Waals surface area contributed by atoms with E-state index in [2.05, 4.69) is 4.90 Å². The van der Waals surface area contributed by atoms with Crippen LogP contribution in [0.5, 0.6) is 0 Å². The number of amides is 1. The Morgan fingerprint density at radius 2 is 1.95 bits per heavy atom. The Labute approximate surface area is 136 Å².